The molecule has 2 fully saturated rings. The topological polar surface area (TPSA) is 110 Å². The number of hydrogen-bond acceptors (Lipinski definition) is 7. The van der Waals surface area contributed by atoms with Crippen molar-refractivity contribution in [1.82, 2.24) is 25.1 Å². The Labute approximate surface area is 242 Å². The van der Waals surface area contributed by atoms with Crippen LogP contribution in [0.2, 0.25) is 0 Å². The van der Waals surface area contributed by atoms with Crippen LogP contribution in [0, 0.1) is 18.6 Å². The third kappa shape index (κ3) is 6.53. The number of likely N-dealkylation sites (N-methyl/N-ethyl adjacent to an activating group) is 1. The minimum atomic E-state index is -0.989. The molecule has 2 aliphatic heterocycles. The van der Waals surface area contributed by atoms with Crippen LogP contribution >= 0.6 is 0 Å². The quantitative estimate of drug-likeness (QED) is 0.417. The summed E-state index contributed by atoms with van der Waals surface area (Å²) in [5.41, 5.74) is 1.69. The van der Waals surface area contributed by atoms with Crippen molar-refractivity contribution in [1.29, 1.82) is 0 Å². The molecule has 1 unspecified atom stereocenters. The van der Waals surface area contributed by atoms with Crippen molar-refractivity contribution in [2.75, 3.05) is 44.7 Å². The van der Waals surface area contributed by atoms with Gasteiger partial charge < -0.3 is 19.7 Å². The van der Waals surface area contributed by atoms with E-state index in [0.29, 0.717) is 61.3 Å². The van der Waals surface area contributed by atoms with Crippen LogP contribution in [0.4, 0.5) is 19.4 Å². The zero-order chi connectivity index (χ0) is 29.8. The average Bonchev–Trinajstić information content (AvgIpc) is 3.54. The minimum Gasteiger partial charge on any atom is -0.474 e. The van der Waals surface area contributed by atoms with Gasteiger partial charge in [0.1, 0.15) is 24.6 Å². The SMILES string of the molecule is CCN1C[C@@H](NC(=O)Nc2c(C)c(OCC3CN(C(C)=O)CCO3)nn2-c2ccccc2)[C@H](c2ccc(F)c(F)c2)O1. The lowest BCUT2D eigenvalue weighted by Crippen LogP contribution is -2.46. The first-order chi connectivity index (χ1) is 20.2. The fourth-order valence-corrected chi connectivity index (χ4v) is 5.01. The van der Waals surface area contributed by atoms with Crippen LogP contribution in [-0.4, -0.2) is 83.2 Å². The lowest BCUT2D eigenvalue weighted by atomic mass is 10.0. The highest BCUT2D eigenvalue weighted by atomic mass is 19.2. The molecule has 42 heavy (non-hydrogen) atoms. The van der Waals surface area contributed by atoms with Gasteiger partial charge >= 0.3 is 6.03 Å². The molecule has 5 rings (SSSR count). The third-order valence-electron chi connectivity index (χ3n) is 7.27. The molecule has 0 radical (unpaired) electrons. The number of morpholine rings is 1. The van der Waals surface area contributed by atoms with E-state index in [-0.39, 0.29) is 18.6 Å². The summed E-state index contributed by atoms with van der Waals surface area (Å²) in [6.07, 6.45) is -1.03. The molecule has 3 aromatic rings. The molecule has 0 bridgehead atoms. The fourth-order valence-electron chi connectivity index (χ4n) is 5.01. The number of carbonyl (C=O) groups is 2. The van der Waals surface area contributed by atoms with Crippen molar-refractivity contribution >= 4 is 17.8 Å². The summed E-state index contributed by atoms with van der Waals surface area (Å²) >= 11 is 0. The molecule has 3 heterocycles. The first-order valence-corrected chi connectivity index (χ1v) is 13.8. The van der Waals surface area contributed by atoms with Gasteiger partial charge in [0.15, 0.2) is 11.6 Å². The number of benzene rings is 2. The maximum Gasteiger partial charge on any atom is 0.320 e. The summed E-state index contributed by atoms with van der Waals surface area (Å²) < 4.78 is 40.9. The van der Waals surface area contributed by atoms with Crippen LogP contribution in [0.15, 0.2) is 48.5 Å². The average molecular weight is 585 g/mol. The highest BCUT2D eigenvalue weighted by Crippen LogP contribution is 2.31. The van der Waals surface area contributed by atoms with Crippen LogP contribution in [0.3, 0.4) is 0 Å². The second-order valence-electron chi connectivity index (χ2n) is 10.2. The lowest BCUT2D eigenvalue weighted by molar-refractivity contribution is -0.144. The molecular weight excluding hydrogens is 550 g/mol. The van der Waals surface area contributed by atoms with Crippen molar-refractivity contribution < 1.29 is 32.7 Å². The summed E-state index contributed by atoms with van der Waals surface area (Å²) in [4.78, 5) is 32.8. The van der Waals surface area contributed by atoms with Gasteiger partial charge in [-0.2, -0.15) is 5.06 Å². The number of hydroxylamine groups is 2. The number of carbonyl (C=O) groups excluding carboxylic acids is 2. The highest BCUT2D eigenvalue weighted by molar-refractivity contribution is 5.90. The van der Waals surface area contributed by atoms with E-state index >= 15 is 0 Å². The number of ether oxygens (including phenoxy) is 2. The van der Waals surface area contributed by atoms with Crippen molar-refractivity contribution in [3.63, 3.8) is 0 Å². The van der Waals surface area contributed by atoms with Gasteiger partial charge in [0.25, 0.3) is 0 Å². The van der Waals surface area contributed by atoms with Crippen molar-refractivity contribution in [3.8, 4) is 11.6 Å². The molecule has 0 spiro atoms. The van der Waals surface area contributed by atoms with Crippen LogP contribution < -0.4 is 15.4 Å². The molecular formula is C29H34F2N6O5. The molecule has 224 valence electrons. The summed E-state index contributed by atoms with van der Waals surface area (Å²) in [5.74, 6) is -1.28. The molecule has 2 saturated heterocycles. The molecule has 3 atom stereocenters. The first kappa shape index (κ1) is 29.4. The van der Waals surface area contributed by atoms with Crippen molar-refractivity contribution in [3.05, 3.63) is 71.3 Å². The van der Waals surface area contributed by atoms with Crippen LogP contribution in [0.1, 0.15) is 31.1 Å². The van der Waals surface area contributed by atoms with Gasteiger partial charge in [0.05, 0.1) is 30.4 Å². The van der Waals surface area contributed by atoms with Gasteiger partial charge in [-0.15, -0.1) is 5.10 Å². The number of aromatic nitrogens is 2. The first-order valence-electron chi connectivity index (χ1n) is 13.8. The maximum absolute atomic E-state index is 14.0. The Kier molecular flexibility index (Phi) is 9.00. The smallest absolute Gasteiger partial charge is 0.320 e. The second-order valence-corrected chi connectivity index (χ2v) is 10.2. The predicted octanol–water partition coefficient (Wildman–Crippen LogP) is 3.58. The Bertz CT molecular complexity index is 1420. The Morgan fingerprint density at radius 3 is 2.62 bits per heavy atom. The van der Waals surface area contributed by atoms with E-state index < -0.39 is 29.8 Å². The summed E-state index contributed by atoms with van der Waals surface area (Å²) in [7, 11) is 0. The zero-order valence-electron chi connectivity index (χ0n) is 23.7. The van der Waals surface area contributed by atoms with Crippen LogP contribution in [0.25, 0.3) is 5.69 Å². The largest absolute Gasteiger partial charge is 0.474 e. The van der Waals surface area contributed by atoms with E-state index in [1.54, 1.807) is 21.6 Å². The van der Waals surface area contributed by atoms with Gasteiger partial charge in [-0.05, 0) is 36.8 Å². The van der Waals surface area contributed by atoms with E-state index in [9.17, 15) is 18.4 Å². The number of amides is 3. The number of nitrogens with one attached hydrogen (secondary N) is 2. The summed E-state index contributed by atoms with van der Waals surface area (Å²) in [6.45, 7) is 7.62. The van der Waals surface area contributed by atoms with E-state index in [1.165, 1.54) is 13.0 Å². The molecule has 1 aromatic heterocycles. The minimum absolute atomic E-state index is 0.0214. The van der Waals surface area contributed by atoms with Gasteiger partial charge in [-0.1, -0.05) is 31.2 Å². The second kappa shape index (κ2) is 12.8. The lowest BCUT2D eigenvalue weighted by Gasteiger charge is -2.31. The monoisotopic (exact) mass is 584 g/mol. The van der Waals surface area contributed by atoms with E-state index in [0.717, 1.165) is 12.1 Å². The van der Waals surface area contributed by atoms with Crippen molar-refractivity contribution in [2.45, 2.75) is 39.0 Å². The number of urea groups is 1. The van der Waals surface area contributed by atoms with Gasteiger partial charge in [0.2, 0.25) is 11.8 Å². The Balaban J connectivity index is 1.34. The number of anilines is 1. The van der Waals surface area contributed by atoms with E-state index in [2.05, 4.69) is 15.7 Å². The molecule has 2 aliphatic rings. The van der Waals surface area contributed by atoms with Gasteiger partial charge in [-0.3, -0.25) is 14.9 Å². The molecule has 0 aliphatic carbocycles. The van der Waals surface area contributed by atoms with E-state index in [1.807, 2.05) is 37.3 Å². The normalized spacial score (nSPS) is 20.9. The number of para-hydroxylation sites is 1. The number of halogens is 2. The van der Waals surface area contributed by atoms with E-state index in [4.69, 9.17) is 14.3 Å². The Morgan fingerprint density at radius 1 is 1.12 bits per heavy atom. The maximum atomic E-state index is 14.0. The molecule has 0 saturated carbocycles. The number of hydrogen-bond donors (Lipinski definition) is 2. The van der Waals surface area contributed by atoms with Gasteiger partial charge in [-0.25, -0.2) is 18.3 Å². The zero-order valence-corrected chi connectivity index (χ0v) is 23.7. The van der Waals surface area contributed by atoms with Crippen LogP contribution in [0.5, 0.6) is 5.88 Å². The molecule has 2 N–H and O–H groups in total. The fraction of sp³-hybridized carbons (Fsp3) is 0.414. The third-order valence-corrected chi connectivity index (χ3v) is 7.27. The summed E-state index contributed by atoms with van der Waals surface area (Å²) in [5, 5.41) is 12.1. The number of rotatable bonds is 8. The highest BCUT2D eigenvalue weighted by Gasteiger charge is 2.36. The molecule has 2 aromatic carbocycles. The summed E-state index contributed by atoms with van der Waals surface area (Å²) in [6, 6.07) is 11.7. The van der Waals surface area contributed by atoms with Crippen LogP contribution in [-0.2, 0) is 14.4 Å². The molecule has 3 amide bonds. The van der Waals surface area contributed by atoms with Gasteiger partial charge in [0, 0.05) is 26.6 Å². The standard InChI is InChI=1S/C29H34F2N6O5/c1-4-36-16-25(26(42-36)20-10-11-23(30)24(31)14-20)32-29(39)33-27-18(2)28(34-37(27)21-8-6-5-7-9-21)41-17-22-15-35(19(3)38)12-13-40-22/h5-11,14,22,25-26H,4,12-13,15-17H2,1-3H3,(H2,32,33,39)/t22?,25-,26+/m1/s1. The predicted molar refractivity (Wildman–Crippen MR) is 149 cm³/mol. The Hall–Kier alpha value is -4.07. The molecule has 13 heteroatoms. The Morgan fingerprint density at radius 2 is 1.90 bits per heavy atom. The number of nitrogens with zero attached hydrogens (tertiary/aromatic N) is 4. The van der Waals surface area contributed by atoms with Crippen molar-refractivity contribution in [2.24, 2.45) is 0 Å². The molecule has 11 nitrogen and oxygen atoms in total.